The topological polar surface area (TPSA) is 68.2 Å². The average Bonchev–Trinajstić information content (AvgIpc) is 2.62. The van der Waals surface area contributed by atoms with Crippen LogP contribution in [0.1, 0.15) is 23.2 Å². The van der Waals surface area contributed by atoms with E-state index in [0.29, 0.717) is 24.5 Å². The van der Waals surface area contributed by atoms with Gasteiger partial charge in [-0.3, -0.25) is 4.79 Å². The number of hydrogen-bond acceptors (Lipinski definition) is 6. The molecule has 0 aromatic carbocycles. The monoisotopic (exact) mass is 330 g/mol. The van der Waals surface area contributed by atoms with Crippen molar-refractivity contribution in [1.29, 1.82) is 0 Å². The Balaban J connectivity index is 1.59. The van der Waals surface area contributed by atoms with Crippen LogP contribution in [0.3, 0.4) is 0 Å². The molecule has 7 heteroatoms. The molecule has 0 spiro atoms. The highest BCUT2D eigenvalue weighted by atomic mass is 32.2. The third-order valence-corrected chi connectivity index (χ3v) is 4.48. The molecule has 23 heavy (non-hydrogen) atoms. The van der Waals surface area contributed by atoms with Crippen molar-refractivity contribution in [3.63, 3.8) is 0 Å². The van der Waals surface area contributed by atoms with Gasteiger partial charge < -0.3 is 9.64 Å². The van der Waals surface area contributed by atoms with Gasteiger partial charge in [0.25, 0.3) is 5.91 Å². The fourth-order valence-corrected chi connectivity index (χ4v) is 3.12. The molecule has 0 radical (unpaired) electrons. The van der Waals surface area contributed by atoms with Gasteiger partial charge in [0.15, 0.2) is 0 Å². The molecule has 1 fully saturated rings. The molecule has 2 aromatic rings. The van der Waals surface area contributed by atoms with Gasteiger partial charge >= 0.3 is 0 Å². The molecule has 6 nitrogen and oxygen atoms in total. The summed E-state index contributed by atoms with van der Waals surface area (Å²) in [4.78, 5) is 26.7. The molecule has 0 aliphatic carbocycles. The van der Waals surface area contributed by atoms with Crippen molar-refractivity contribution in [2.75, 3.05) is 19.3 Å². The predicted octanol–water partition coefficient (Wildman–Crippen LogP) is 2.28. The van der Waals surface area contributed by atoms with Crippen LogP contribution in [0.25, 0.3) is 0 Å². The molecular formula is C16H18N4O2S. The van der Waals surface area contributed by atoms with Crippen molar-refractivity contribution in [2.24, 2.45) is 0 Å². The van der Waals surface area contributed by atoms with Crippen LogP contribution in [-0.4, -0.2) is 51.2 Å². The van der Waals surface area contributed by atoms with E-state index in [0.717, 1.165) is 17.9 Å². The van der Waals surface area contributed by atoms with Crippen LogP contribution >= 0.6 is 11.8 Å². The van der Waals surface area contributed by atoms with Gasteiger partial charge in [-0.1, -0.05) is 0 Å². The molecule has 1 aliphatic heterocycles. The lowest BCUT2D eigenvalue weighted by Gasteiger charge is -2.32. The van der Waals surface area contributed by atoms with Gasteiger partial charge in [-0.2, -0.15) is 0 Å². The van der Waals surface area contributed by atoms with E-state index in [9.17, 15) is 4.79 Å². The van der Waals surface area contributed by atoms with Crippen LogP contribution in [0, 0.1) is 0 Å². The van der Waals surface area contributed by atoms with Crippen molar-refractivity contribution in [1.82, 2.24) is 19.9 Å². The molecule has 2 aromatic heterocycles. The van der Waals surface area contributed by atoms with Gasteiger partial charge in [-0.15, -0.1) is 11.8 Å². The number of amides is 1. The summed E-state index contributed by atoms with van der Waals surface area (Å²) in [7, 11) is 0. The normalized spacial score (nSPS) is 15.4. The first kappa shape index (κ1) is 15.7. The number of aromatic nitrogens is 3. The number of nitrogens with zero attached hydrogens (tertiary/aromatic N) is 4. The third-order valence-electron chi connectivity index (χ3n) is 3.77. The maximum absolute atomic E-state index is 12.7. The first-order valence-electron chi connectivity index (χ1n) is 7.49. The minimum Gasteiger partial charge on any atom is -0.474 e. The number of thioether (sulfide) groups is 1. The second-order valence-electron chi connectivity index (χ2n) is 5.22. The summed E-state index contributed by atoms with van der Waals surface area (Å²) < 4.78 is 5.83. The summed E-state index contributed by atoms with van der Waals surface area (Å²) in [6.45, 7) is 1.36. The second-order valence-corrected chi connectivity index (χ2v) is 6.01. The molecule has 1 amide bonds. The lowest BCUT2D eigenvalue weighted by Crippen LogP contribution is -2.42. The summed E-state index contributed by atoms with van der Waals surface area (Å²) in [5.74, 6) is 0.629. The van der Waals surface area contributed by atoms with E-state index in [1.807, 2.05) is 17.2 Å². The zero-order valence-electron chi connectivity index (χ0n) is 12.9. The number of rotatable bonds is 4. The Morgan fingerprint density at radius 2 is 2.09 bits per heavy atom. The van der Waals surface area contributed by atoms with E-state index in [-0.39, 0.29) is 12.0 Å². The summed E-state index contributed by atoms with van der Waals surface area (Å²) in [5, 5.41) is 0.775. The first-order chi connectivity index (χ1) is 11.3. The average molecular weight is 330 g/mol. The number of hydrogen-bond donors (Lipinski definition) is 0. The van der Waals surface area contributed by atoms with E-state index in [1.54, 1.807) is 24.5 Å². The highest BCUT2D eigenvalue weighted by Crippen LogP contribution is 2.22. The van der Waals surface area contributed by atoms with Gasteiger partial charge in [0.05, 0.1) is 5.56 Å². The zero-order valence-corrected chi connectivity index (χ0v) is 13.7. The molecular weight excluding hydrogens is 312 g/mol. The summed E-state index contributed by atoms with van der Waals surface area (Å²) in [6.07, 6.45) is 8.46. The number of pyridine rings is 1. The Kier molecular flexibility index (Phi) is 5.07. The van der Waals surface area contributed by atoms with Crippen LogP contribution < -0.4 is 4.74 Å². The van der Waals surface area contributed by atoms with Crippen LogP contribution in [-0.2, 0) is 0 Å². The van der Waals surface area contributed by atoms with Crippen LogP contribution in [0.2, 0.25) is 0 Å². The molecule has 120 valence electrons. The summed E-state index contributed by atoms with van der Waals surface area (Å²) >= 11 is 1.49. The highest BCUT2D eigenvalue weighted by Gasteiger charge is 2.26. The minimum atomic E-state index is 0.0444. The number of carbonyl (C=O) groups is 1. The van der Waals surface area contributed by atoms with E-state index in [1.165, 1.54) is 18.1 Å². The van der Waals surface area contributed by atoms with E-state index < -0.39 is 0 Å². The number of piperidine rings is 1. The van der Waals surface area contributed by atoms with Crippen molar-refractivity contribution in [2.45, 2.75) is 24.0 Å². The lowest BCUT2D eigenvalue weighted by atomic mass is 10.1. The molecule has 0 unspecified atom stereocenters. The Hall–Kier alpha value is -2.15. The Morgan fingerprint density at radius 3 is 2.78 bits per heavy atom. The minimum absolute atomic E-state index is 0.0444. The van der Waals surface area contributed by atoms with E-state index >= 15 is 0 Å². The molecule has 3 heterocycles. The van der Waals surface area contributed by atoms with Gasteiger partial charge in [0.1, 0.15) is 17.5 Å². The molecule has 1 aliphatic rings. The van der Waals surface area contributed by atoms with Gasteiger partial charge in [-0.05, 0) is 18.4 Å². The molecule has 0 atom stereocenters. The van der Waals surface area contributed by atoms with E-state index in [2.05, 4.69) is 15.0 Å². The van der Waals surface area contributed by atoms with Crippen LogP contribution in [0.4, 0.5) is 0 Å². The van der Waals surface area contributed by atoms with Crippen molar-refractivity contribution in [3.05, 3.63) is 42.5 Å². The van der Waals surface area contributed by atoms with Crippen molar-refractivity contribution < 1.29 is 9.53 Å². The molecule has 3 rings (SSSR count). The maximum atomic E-state index is 12.7. The Labute approximate surface area is 139 Å². The second kappa shape index (κ2) is 7.41. The van der Waals surface area contributed by atoms with Crippen molar-refractivity contribution in [3.8, 4) is 5.88 Å². The quantitative estimate of drug-likeness (QED) is 0.801. The third kappa shape index (κ3) is 3.79. The lowest BCUT2D eigenvalue weighted by molar-refractivity contribution is 0.0584. The highest BCUT2D eigenvalue weighted by molar-refractivity contribution is 7.98. The van der Waals surface area contributed by atoms with Crippen LogP contribution in [0.5, 0.6) is 5.88 Å². The standard InChI is InChI=1S/C16H18N4O2S/c1-23-15-13(3-2-7-18-15)16(21)20-9-5-12(6-10-20)22-14-4-8-17-11-19-14/h2-4,7-8,11-12H,5-6,9-10H2,1H3. The van der Waals surface area contributed by atoms with Gasteiger partial charge in [0, 0.05) is 44.4 Å². The predicted molar refractivity (Wildman–Crippen MR) is 87.6 cm³/mol. The molecule has 0 saturated carbocycles. The van der Waals surface area contributed by atoms with Crippen LogP contribution in [0.15, 0.2) is 41.9 Å². The molecule has 0 N–H and O–H groups in total. The fraction of sp³-hybridized carbons (Fsp3) is 0.375. The van der Waals surface area contributed by atoms with Gasteiger partial charge in [-0.25, -0.2) is 15.0 Å². The Bertz CT molecular complexity index is 660. The van der Waals surface area contributed by atoms with Gasteiger partial charge in [0.2, 0.25) is 5.88 Å². The molecule has 1 saturated heterocycles. The SMILES string of the molecule is CSc1ncccc1C(=O)N1CCC(Oc2ccncn2)CC1. The fourth-order valence-electron chi connectivity index (χ4n) is 2.58. The number of likely N-dealkylation sites (tertiary alicyclic amines) is 1. The first-order valence-corrected chi connectivity index (χ1v) is 8.71. The maximum Gasteiger partial charge on any atom is 0.256 e. The van der Waals surface area contributed by atoms with E-state index in [4.69, 9.17) is 4.74 Å². The Morgan fingerprint density at radius 1 is 1.26 bits per heavy atom. The molecule has 0 bridgehead atoms. The summed E-state index contributed by atoms with van der Waals surface area (Å²) in [5.41, 5.74) is 0.676. The number of ether oxygens (including phenoxy) is 1. The smallest absolute Gasteiger partial charge is 0.256 e. The zero-order chi connectivity index (χ0) is 16.1. The van der Waals surface area contributed by atoms with Crippen molar-refractivity contribution >= 4 is 17.7 Å². The number of carbonyl (C=O) groups excluding carboxylic acids is 1. The summed E-state index contributed by atoms with van der Waals surface area (Å²) in [6, 6.07) is 5.39. The largest absolute Gasteiger partial charge is 0.474 e.